The molecular formula is C15H29N3O4S. The zero-order valence-electron chi connectivity index (χ0n) is 13.7. The number of amides is 2. The molecule has 2 aliphatic heterocycles. The SMILES string of the molecule is NS(=O)(=O)CC1CCN(C(=O)NCCC[C@@H]2CCCCO2)CC1. The molecule has 134 valence electrons. The molecule has 2 rings (SSSR count). The number of carbonyl (C=O) groups excluding carboxylic acids is 1. The van der Waals surface area contributed by atoms with Gasteiger partial charge in [0.1, 0.15) is 0 Å². The molecule has 0 aromatic carbocycles. The van der Waals surface area contributed by atoms with Gasteiger partial charge in [-0.15, -0.1) is 0 Å². The summed E-state index contributed by atoms with van der Waals surface area (Å²) in [6, 6.07) is -0.0522. The van der Waals surface area contributed by atoms with Crippen LogP contribution in [0.15, 0.2) is 0 Å². The third-order valence-electron chi connectivity index (χ3n) is 4.62. The van der Waals surface area contributed by atoms with E-state index in [1.54, 1.807) is 4.90 Å². The lowest BCUT2D eigenvalue weighted by atomic mass is 9.99. The van der Waals surface area contributed by atoms with Gasteiger partial charge in [0.25, 0.3) is 0 Å². The van der Waals surface area contributed by atoms with E-state index in [9.17, 15) is 13.2 Å². The van der Waals surface area contributed by atoms with E-state index in [1.165, 1.54) is 6.42 Å². The average molecular weight is 347 g/mol. The summed E-state index contributed by atoms with van der Waals surface area (Å²) in [6.07, 6.45) is 7.20. The van der Waals surface area contributed by atoms with Gasteiger partial charge in [-0.25, -0.2) is 18.4 Å². The first-order valence-corrected chi connectivity index (χ1v) is 10.3. The minimum absolute atomic E-state index is 0.0177. The highest BCUT2D eigenvalue weighted by atomic mass is 32.2. The van der Waals surface area contributed by atoms with E-state index in [-0.39, 0.29) is 17.7 Å². The van der Waals surface area contributed by atoms with Gasteiger partial charge in [-0.05, 0) is 50.9 Å². The predicted octanol–water partition coefficient (Wildman–Crippen LogP) is 1.05. The third kappa shape index (κ3) is 7.05. The molecule has 0 spiro atoms. The van der Waals surface area contributed by atoms with E-state index >= 15 is 0 Å². The first kappa shape index (κ1) is 18.5. The average Bonchev–Trinajstić information content (AvgIpc) is 2.51. The number of hydrogen-bond acceptors (Lipinski definition) is 4. The smallest absolute Gasteiger partial charge is 0.317 e. The summed E-state index contributed by atoms with van der Waals surface area (Å²) in [5.41, 5.74) is 0. The normalized spacial score (nSPS) is 23.7. The van der Waals surface area contributed by atoms with Crippen molar-refractivity contribution < 1.29 is 17.9 Å². The second-order valence-electron chi connectivity index (χ2n) is 6.62. The van der Waals surface area contributed by atoms with E-state index in [1.807, 2.05) is 0 Å². The predicted molar refractivity (Wildman–Crippen MR) is 88.5 cm³/mol. The highest BCUT2D eigenvalue weighted by molar-refractivity contribution is 7.89. The number of nitrogens with one attached hydrogen (secondary N) is 1. The number of nitrogens with two attached hydrogens (primary N) is 1. The number of rotatable bonds is 6. The molecule has 2 aliphatic rings. The molecule has 23 heavy (non-hydrogen) atoms. The minimum Gasteiger partial charge on any atom is -0.378 e. The van der Waals surface area contributed by atoms with Crippen molar-refractivity contribution in [2.75, 3.05) is 32.0 Å². The van der Waals surface area contributed by atoms with Crippen LogP contribution in [-0.4, -0.2) is 57.4 Å². The Morgan fingerprint density at radius 2 is 1.96 bits per heavy atom. The molecule has 1 atom stereocenters. The van der Waals surface area contributed by atoms with Crippen LogP contribution in [0.5, 0.6) is 0 Å². The standard InChI is InChI=1S/C15H29N3O4S/c16-23(20,21)12-13-6-9-18(10-7-13)15(19)17-8-3-5-14-4-1-2-11-22-14/h13-14H,1-12H2,(H,17,19)(H2,16,20,21)/t14-/m0/s1. The molecular weight excluding hydrogens is 318 g/mol. The Hall–Kier alpha value is -0.860. The maximum atomic E-state index is 12.1. The van der Waals surface area contributed by atoms with E-state index in [4.69, 9.17) is 9.88 Å². The van der Waals surface area contributed by atoms with E-state index in [2.05, 4.69) is 5.32 Å². The molecule has 0 radical (unpaired) electrons. The molecule has 0 aromatic heterocycles. The number of sulfonamides is 1. The van der Waals surface area contributed by atoms with Crippen molar-refractivity contribution in [2.45, 2.75) is 51.0 Å². The molecule has 0 bridgehead atoms. The van der Waals surface area contributed by atoms with E-state index < -0.39 is 10.0 Å². The van der Waals surface area contributed by atoms with Crippen LogP contribution in [0.1, 0.15) is 44.9 Å². The topological polar surface area (TPSA) is 102 Å². The molecule has 7 nitrogen and oxygen atoms in total. The van der Waals surface area contributed by atoms with Gasteiger partial charge < -0.3 is 15.0 Å². The van der Waals surface area contributed by atoms with Crippen molar-refractivity contribution in [3.05, 3.63) is 0 Å². The van der Waals surface area contributed by atoms with Crippen LogP contribution in [-0.2, 0) is 14.8 Å². The van der Waals surface area contributed by atoms with Gasteiger partial charge in [-0.3, -0.25) is 0 Å². The minimum atomic E-state index is -3.42. The van der Waals surface area contributed by atoms with Crippen LogP contribution in [0.3, 0.4) is 0 Å². The van der Waals surface area contributed by atoms with Gasteiger partial charge >= 0.3 is 6.03 Å². The number of piperidine rings is 1. The molecule has 0 saturated carbocycles. The Bertz CT molecular complexity index is 469. The van der Waals surface area contributed by atoms with Gasteiger partial charge in [0, 0.05) is 26.2 Å². The summed E-state index contributed by atoms with van der Waals surface area (Å²) >= 11 is 0. The van der Waals surface area contributed by atoms with E-state index in [0.717, 1.165) is 32.3 Å². The quantitative estimate of drug-likeness (QED) is 0.701. The van der Waals surface area contributed by atoms with Crippen molar-refractivity contribution in [3.8, 4) is 0 Å². The maximum absolute atomic E-state index is 12.1. The Morgan fingerprint density at radius 1 is 1.22 bits per heavy atom. The molecule has 2 amide bonds. The summed E-state index contributed by atoms with van der Waals surface area (Å²) in [6.45, 7) is 2.72. The Morgan fingerprint density at radius 3 is 2.57 bits per heavy atom. The van der Waals surface area contributed by atoms with Gasteiger partial charge in [0.2, 0.25) is 10.0 Å². The van der Waals surface area contributed by atoms with Crippen molar-refractivity contribution in [1.29, 1.82) is 0 Å². The fourth-order valence-electron chi connectivity index (χ4n) is 3.30. The molecule has 2 saturated heterocycles. The summed E-state index contributed by atoms with van der Waals surface area (Å²) in [4.78, 5) is 13.8. The molecule has 2 fully saturated rings. The summed E-state index contributed by atoms with van der Waals surface area (Å²) in [5.74, 6) is 0.0848. The molecule has 0 aromatic rings. The van der Waals surface area contributed by atoms with Crippen molar-refractivity contribution >= 4 is 16.1 Å². The van der Waals surface area contributed by atoms with Crippen LogP contribution >= 0.6 is 0 Å². The number of primary sulfonamides is 1. The molecule has 0 unspecified atom stereocenters. The lowest BCUT2D eigenvalue weighted by Gasteiger charge is -2.31. The Labute approximate surface area is 139 Å². The summed E-state index contributed by atoms with van der Waals surface area (Å²) < 4.78 is 27.9. The zero-order valence-corrected chi connectivity index (χ0v) is 14.5. The monoisotopic (exact) mass is 347 g/mol. The molecule has 8 heteroatoms. The highest BCUT2D eigenvalue weighted by Gasteiger charge is 2.25. The first-order chi connectivity index (χ1) is 10.9. The number of hydrogen-bond donors (Lipinski definition) is 2. The van der Waals surface area contributed by atoms with Crippen molar-refractivity contribution in [2.24, 2.45) is 11.1 Å². The van der Waals surface area contributed by atoms with Gasteiger partial charge in [0.15, 0.2) is 0 Å². The van der Waals surface area contributed by atoms with Crippen LogP contribution < -0.4 is 10.5 Å². The lowest BCUT2D eigenvalue weighted by molar-refractivity contribution is 0.0102. The number of urea groups is 1. The zero-order chi connectivity index (χ0) is 16.7. The maximum Gasteiger partial charge on any atom is 0.317 e. The largest absolute Gasteiger partial charge is 0.378 e. The molecule has 0 aliphatic carbocycles. The second-order valence-corrected chi connectivity index (χ2v) is 8.28. The van der Waals surface area contributed by atoms with Gasteiger partial charge in [0.05, 0.1) is 11.9 Å². The molecule has 2 heterocycles. The van der Waals surface area contributed by atoms with Crippen LogP contribution in [0.4, 0.5) is 4.79 Å². The van der Waals surface area contributed by atoms with E-state index in [0.29, 0.717) is 38.6 Å². The lowest BCUT2D eigenvalue weighted by Crippen LogP contribution is -2.45. The summed E-state index contributed by atoms with van der Waals surface area (Å²) in [5, 5.41) is 8.02. The second kappa shape index (κ2) is 8.84. The van der Waals surface area contributed by atoms with Crippen LogP contribution in [0.2, 0.25) is 0 Å². The molecule has 3 N–H and O–H groups in total. The first-order valence-electron chi connectivity index (χ1n) is 8.59. The number of carbonyl (C=O) groups is 1. The summed E-state index contributed by atoms with van der Waals surface area (Å²) in [7, 11) is -3.42. The van der Waals surface area contributed by atoms with Crippen molar-refractivity contribution in [3.63, 3.8) is 0 Å². The van der Waals surface area contributed by atoms with Gasteiger partial charge in [-0.2, -0.15) is 0 Å². The van der Waals surface area contributed by atoms with Crippen molar-refractivity contribution in [1.82, 2.24) is 10.2 Å². The Kier molecular flexibility index (Phi) is 7.10. The fraction of sp³-hybridized carbons (Fsp3) is 0.933. The number of likely N-dealkylation sites (tertiary alicyclic amines) is 1. The van der Waals surface area contributed by atoms with Crippen LogP contribution in [0.25, 0.3) is 0 Å². The third-order valence-corrected chi connectivity index (χ3v) is 5.56. The number of nitrogens with zero attached hydrogens (tertiary/aromatic N) is 1. The van der Waals surface area contributed by atoms with Gasteiger partial charge in [-0.1, -0.05) is 0 Å². The van der Waals surface area contributed by atoms with Crippen LogP contribution in [0, 0.1) is 5.92 Å². The highest BCUT2D eigenvalue weighted by Crippen LogP contribution is 2.19. The number of ether oxygens (including phenoxy) is 1. The fourth-order valence-corrected chi connectivity index (χ4v) is 4.29. The Balaban J connectivity index is 1.57.